The number of thiazole rings is 1. The van der Waals surface area contributed by atoms with Gasteiger partial charge in [0.15, 0.2) is 17.3 Å². The van der Waals surface area contributed by atoms with Crippen LogP contribution in [0.15, 0.2) is 23.3 Å². The zero-order valence-electron chi connectivity index (χ0n) is 12.8. The van der Waals surface area contributed by atoms with Gasteiger partial charge in [-0.25, -0.2) is 4.98 Å². The Morgan fingerprint density at radius 1 is 1.32 bits per heavy atom. The van der Waals surface area contributed by atoms with Crippen LogP contribution < -0.4 is 14.9 Å². The van der Waals surface area contributed by atoms with Crippen LogP contribution in [0.2, 0.25) is 0 Å². The molecule has 0 saturated heterocycles. The van der Waals surface area contributed by atoms with Crippen LogP contribution >= 0.6 is 11.3 Å². The number of carbonyl (C=O) groups is 1. The number of benzene rings is 1. The molecule has 116 valence electrons. The van der Waals surface area contributed by atoms with Crippen LogP contribution in [0.5, 0.6) is 11.5 Å². The summed E-state index contributed by atoms with van der Waals surface area (Å²) in [5.41, 5.74) is 4.39. The number of hydrogen-bond donors (Lipinski definition) is 1. The number of aromatic nitrogens is 1. The number of nitrogens with one attached hydrogen (secondary N) is 1. The van der Waals surface area contributed by atoms with E-state index in [-0.39, 0.29) is 5.78 Å². The first-order valence-electron chi connectivity index (χ1n) is 6.54. The minimum atomic E-state index is 0.00641. The average Bonchev–Trinajstić information content (AvgIpc) is 2.88. The number of Topliss-reactive ketones (excluding diaryl/α,β-unsaturated/α-hetero) is 1. The van der Waals surface area contributed by atoms with E-state index in [0.717, 1.165) is 5.56 Å². The van der Waals surface area contributed by atoms with E-state index in [1.165, 1.54) is 18.3 Å². The number of anilines is 1. The van der Waals surface area contributed by atoms with Crippen molar-refractivity contribution in [3.05, 3.63) is 34.3 Å². The van der Waals surface area contributed by atoms with Gasteiger partial charge in [-0.2, -0.15) is 5.10 Å². The second-order valence-electron chi connectivity index (χ2n) is 4.47. The predicted molar refractivity (Wildman–Crippen MR) is 87.6 cm³/mol. The monoisotopic (exact) mass is 319 g/mol. The molecule has 2 rings (SSSR count). The smallest absolute Gasteiger partial charge is 0.204 e. The second kappa shape index (κ2) is 7.04. The third-order valence-corrected chi connectivity index (χ3v) is 4.06. The standard InChI is InChI=1S/C15H17N3O3S/c1-9-14(10(2)19)22-15(17-9)18-16-8-11-5-6-12(20-3)13(7-11)21-4/h5-8H,1-4H3,(H,17,18)/b16-8+. The third-order valence-electron chi connectivity index (χ3n) is 2.90. The molecule has 0 amide bonds. The van der Waals surface area contributed by atoms with Crippen molar-refractivity contribution in [3.8, 4) is 11.5 Å². The summed E-state index contributed by atoms with van der Waals surface area (Å²) >= 11 is 1.29. The van der Waals surface area contributed by atoms with Gasteiger partial charge in [-0.05, 0) is 30.7 Å². The average molecular weight is 319 g/mol. The Kier molecular flexibility index (Phi) is 5.11. The number of hydrogen-bond acceptors (Lipinski definition) is 7. The summed E-state index contributed by atoms with van der Waals surface area (Å²) in [5, 5.41) is 4.70. The maximum Gasteiger partial charge on any atom is 0.204 e. The zero-order valence-corrected chi connectivity index (χ0v) is 13.7. The van der Waals surface area contributed by atoms with E-state index >= 15 is 0 Å². The van der Waals surface area contributed by atoms with Crippen LogP contribution in [0, 0.1) is 6.92 Å². The van der Waals surface area contributed by atoms with E-state index in [2.05, 4.69) is 15.5 Å². The molecule has 0 fully saturated rings. The largest absolute Gasteiger partial charge is 0.493 e. The highest BCUT2D eigenvalue weighted by Gasteiger charge is 2.10. The molecule has 0 aliphatic rings. The van der Waals surface area contributed by atoms with Crippen molar-refractivity contribution < 1.29 is 14.3 Å². The van der Waals surface area contributed by atoms with Gasteiger partial charge < -0.3 is 9.47 Å². The van der Waals surface area contributed by atoms with Crippen molar-refractivity contribution in [1.29, 1.82) is 0 Å². The molecule has 0 atom stereocenters. The van der Waals surface area contributed by atoms with Gasteiger partial charge in [-0.1, -0.05) is 11.3 Å². The summed E-state index contributed by atoms with van der Waals surface area (Å²) in [6.45, 7) is 3.33. The Morgan fingerprint density at radius 3 is 2.64 bits per heavy atom. The Morgan fingerprint density at radius 2 is 2.05 bits per heavy atom. The van der Waals surface area contributed by atoms with Crippen LogP contribution in [-0.2, 0) is 0 Å². The van der Waals surface area contributed by atoms with Crippen molar-refractivity contribution in [2.45, 2.75) is 13.8 Å². The second-order valence-corrected chi connectivity index (χ2v) is 5.47. The predicted octanol–water partition coefficient (Wildman–Crippen LogP) is 3.12. The van der Waals surface area contributed by atoms with Crippen LogP contribution in [0.1, 0.15) is 27.9 Å². The topological polar surface area (TPSA) is 72.8 Å². The first-order chi connectivity index (χ1) is 10.5. The fourth-order valence-electron chi connectivity index (χ4n) is 1.87. The van der Waals surface area contributed by atoms with E-state index in [1.54, 1.807) is 27.4 Å². The first kappa shape index (κ1) is 16.0. The minimum absolute atomic E-state index is 0.00641. The van der Waals surface area contributed by atoms with Crippen molar-refractivity contribution >= 4 is 28.5 Å². The lowest BCUT2D eigenvalue weighted by Crippen LogP contribution is -1.93. The summed E-state index contributed by atoms with van der Waals surface area (Å²) < 4.78 is 10.4. The third kappa shape index (κ3) is 3.62. The van der Waals surface area contributed by atoms with E-state index in [4.69, 9.17) is 9.47 Å². The fourth-order valence-corrected chi connectivity index (χ4v) is 2.68. The van der Waals surface area contributed by atoms with Crippen LogP contribution in [-0.4, -0.2) is 31.2 Å². The van der Waals surface area contributed by atoms with Gasteiger partial charge in [0.25, 0.3) is 0 Å². The fraction of sp³-hybridized carbons (Fsp3) is 0.267. The maximum atomic E-state index is 11.4. The van der Waals surface area contributed by atoms with E-state index in [9.17, 15) is 4.79 Å². The molecule has 0 aliphatic heterocycles. The number of aryl methyl sites for hydroxylation is 1. The highest BCUT2D eigenvalue weighted by molar-refractivity contribution is 7.17. The molecule has 0 aliphatic carbocycles. The zero-order chi connectivity index (χ0) is 16.1. The van der Waals surface area contributed by atoms with Crippen molar-refractivity contribution in [3.63, 3.8) is 0 Å². The molecule has 1 N–H and O–H groups in total. The molecule has 0 spiro atoms. The van der Waals surface area contributed by atoms with E-state index in [1.807, 2.05) is 18.2 Å². The lowest BCUT2D eigenvalue weighted by Gasteiger charge is -2.07. The SMILES string of the molecule is COc1ccc(/C=N/Nc2nc(C)c(C(C)=O)s2)cc1OC. The van der Waals surface area contributed by atoms with Gasteiger partial charge in [-0.3, -0.25) is 10.2 Å². The van der Waals surface area contributed by atoms with Gasteiger partial charge in [0, 0.05) is 6.92 Å². The Bertz CT molecular complexity index is 710. The molecular weight excluding hydrogens is 302 g/mol. The number of hydrazone groups is 1. The molecule has 2 aromatic rings. The number of ether oxygens (including phenoxy) is 2. The Balaban J connectivity index is 2.09. The molecule has 6 nitrogen and oxygen atoms in total. The maximum absolute atomic E-state index is 11.4. The van der Waals surface area contributed by atoms with Gasteiger partial charge >= 0.3 is 0 Å². The van der Waals surface area contributed by atoms with Crippen molar-refractivity contribution in [1.82, 2.24) is 4.98 Å². The normalized spacial score (nSPS) is 10.7. The summed E-state index contributed by atoms with van der Waals surface area (Å²) in [7, 11) is 3.17. The number of nitrogens with zero attached hydrogens (tertiary/aromatic N) is 2. The molecule has 0 saturated carbocycles. The van der Waals surface area contributed by atoms with Crippen LogP contribution in [0.4, 0.5) is 5.13 Å². The molecule has 1 aromatic carbocycles. The Hall–Kier alpha value is -2.41. The molecular formula is C15H17N3O3S. The molecule has 0 radical (unpaired) electrons. The summed E-state index contributed by atoms with van der Waals surface area (Å²) in [6, 6.07) is 5.49. The first-order valence-corrected chi connectivity index (χ1v) is 7.36. The Labute approximate surface area is 132 Å². The number of rotatable bonds is 6. The number of ketones is 1. The lowest BCUT2D eigenvalue weighted by atomic mass is 10.2. The molecule has 0 unspecified atom stereocenters. The summed E-state index contributed by atoms with van der Waals surface area (Å²) in [5.74, 6) is 1.30. The van der Waals surface area contributed by atoms with E-state index in [0.29, 0.717) is 27.2 Å². The number of methoxy groups -OCH3 is 2. The van der Waals surface area contributed by atoms with Gasteiger partial charge in [0.2, 0.25) is 5.13 Å². The van der Waals surface area contributed by atoms with Crippen LogP contribution in [0.3, 0.4) is 0 Å². The lowest BCUT2D eigenvalue weighted by molar-refractivity contribution is 0.102. The molecule has 0 bridgehead atoms. The highest BCUT2D eigenvalue weighted by Crippen LogP contribution is 2.27. The van der Waals surface area contributed by atoms with Crippen LogP contribution in [0.25, 0.3) is 0 Å². The van der Waals surface area contributed by atoms with Crippen molar-refractivity contribution in [2.24, 2.45) is 5.10 Å². The van der Waals surface area contributed by atoms with Crippen molar-refractivity contribution in [2.75, 3.05) is 19.6 Å². The summed E-state index contributed by atoms with van der Waals surface area (Å²) in [6.07, 6.45) is 1.64. The molecule has 1 aromatic heterocycles. The summed E-state index contributed by atoms with van der Waals surface area (Å²) in [4.78, 5) is 16.3. The van der Waals surface area contributed by atoms with Gasteiger partial charge in [0.1, 0.15) is 0 Å². The van der Waals surface area contributed by atoms with Gasteiger partial charge in [-0.15, -0.1) is 0 Å². The number of carbonyl (C=O) groups excluding carboxylic acids is 1. The molecule has 22 heavy (non-hydrogen) atoms. The highest BCUT2D eigenvalue weighted by atomic mass is 32.1. The minimum Gasteiger partial charge on any atom is -0.493 e. The molecule has 1 heterocycles. The molecule has 7 heteroatoms. The van der Waals surface area contributed by atoms with Gasteiger partial charge in [0.05, 0.1) is 31.0 Å². The quantitative estimate of drug-likeness (QED) is 0.503. The van der Waals surface area contributed by atoms with E-state index < -0.39 is 0 Å².